The van der Waals surface area contributed by atoms with Crippen LogP contribution in [-0.2, 0) is 11.2 Å². The number of nitrogens with one attached hydrogen (secondary N) is 2. The van der Waals surface area contributed by atoms with Crippen molar-refractivity contribution in [3.05, 3.63) is 66.4 Å². The quantitative estimate of drug-likeness (QED) is 0.543. The predicted molar refractivity (Wildman–Crippen MR) is 107 cm³/mol. The number of aromatic nitrogens is 2. The van der Waals surface area contributed by atoms with E-state index >= 15 is 0 Å². The van der Waals surface area contributed by atoms with Gasteiger partial charge < -0.3 is 15.0 Å². The maximum Gasteiger partial charge on any atom is 0.407 e. The molecule has 1 amide bonds. The smallest absolute Gasteiger partial charge is 0.407 e. The molecule has 0 bridgehead atoms. The number of carbonyl (C=O) groups excluding carboxylic acids is 1. The minimum Gasteiger partial charge on any atom is -0.450 e. The maximum atomic E-state index is 13.4. The summed E-state index contributed by atoms with van der Waals surface area (Å²) < 4.78 is 18.4. The summed E-state index contributed by atoms with van der Waals surface area (Å²) in [5.74, 6) is 0.541. The number of ether oxygens (including phenoxy) is 1. The molecular weight excluding hydrogens is 357 g/mol. The second kappa shape index (κ2) is 9.69. The molecule has 0 atom stereocenters. The van der Waals surface area contributed by atoms with E-state index in [0.717, 1.165) is 41.1 Å². The van der Waals surface area contributed by atoms with Crippen LogP contribution in [0, 0.1) is 5.82 Å². The van der Waals surface area contributed by atoms with Gasteiger partial charge in [-0.15, -0.1) is 0 Å². The largest absolute Gasteiger partial charge is 0.450 e. The molecule has 146 valence electrons. The Labute approximate surface area is 164 Å². The molecule has 3 aromatic rings. The third kappa shape index (κ3) is 5.42. The minimum atomic E-state index is -0.395. The van der Waals surface area contributed by atoms with E-state index in [1.54, 1.807) is 6.07 Å². The van der Waals surface area contributed by atoms with Gasteiger partial charge in [0.1, 0.15) is 11.6 Å². The number of unbranched alkanes of at least 4 members (excludes halogenated alkanes) is 1. The number of carbonyl (C=O) groups is 1. The fourth-order valence-electron chi connectivity index (χ4n) is 2.78. The highest BCUT2D eigenvalue weighted by atomic mass is 19.1. The summed E-state index contributed by atoms with van der Waals surface area (Å²) in [5.41, 5.74) is 3.58. The number of amides is 1. The Hall–Kier alpha value is -3.15. The Morgan fingerprint density at radius 1 is 1.14 bits per heavy atom. The normalized spacial score (nSPS) is 10.6. The average molecular weight is 381 g/mol. The van der Waals surface area contributed by atoms with Crippen molar-refractivity contribution in [1.29, 1.82) is 0 Å². The number of hydrogen-bond donors (Lipinski definition) is 2. The van der Waals surface area contributed by atoms with Gasteiger partial charge in [-0.25, -0.2) is 14.2 Å². The van der Waals surface area contributed by atoms with E-state index in [2.05, 4.69) is 15.3 Å². The summed E-state index contributed by atoms with van der Waals surface area (Å²) in [6, 6.07) is 14.4. The molecule has 0 saturated carbocycles. The molecule has 28 heavy (non-hydrogen) atoms. The van der Waals surface area contributed by atoms with Crippen molar-refractivity contribution in [2.75, 3.05) is 13.2 Å². The van der Waals surface area contributed by atoms with Crippen LogP contribution >= 0.6 is 0 Å². The molecule has 0 aliphatic heterocycles. The Morgan fingerprint density at radius 2 is 1.93 bits per heavy atom. The van der Waals surface area contributed by atoms with Gasteiger partial charge in [0.25, 0.3) is 0 Å². The summed E-state index contributed by atoms with van der Waals surface area (Å²) in [6.07, 6.45) is 3.89. The van der Waals surface area contributed by atoms with Crippen molar-refractivity contribution in [1.82, 2.24) is 15.3 Å². The molecule has 0 aliphatic rings. The van der Waals surface area contributed by atoms with Gasteiger partial charge in [0, 0.05) is 24.7 Å². The standard InChI is InChI=1S/C22H24FN3O2/c1-2-3-13-28-22(27)24-12-11-21-25-15-20(26-21)17-9-7-16(8-10-17)18-5-4-6-19(23)14-18/h4-10,14-15H,2-3,11-13H2,1H3,(H,24,27)(H,25,26). The van der Waals surface area contributed by atoms with Crippen LogP contribution in [0.2, 0.25) is 0 Å². The number of alkyl carbamates (subject to hydrolysis) is 1. The fourth-order valence-corrected chi connectivity index (χ4v) is 2.78. The second-order valence-electron chi connectivity index (χ2n) is 6.49. The van der Waals surface area contributed by atoms with E-state index in [0.29, 0.717) is 19.6 Å². The Bertz CT molecular complexity index is 906. The molecule has 0 spiro atoms. The van der Waals surface area contributed by atoms with E-state index in [1.807, 2.05) is 43.5 Å². The number of benzene rings is 2. The van der Waals surface area contributed by atoms with Gasteiger partial charge in [0.15, 0.2) is 0 Å². The molecule has 0 saturated heterocycles. The second-order valence-corrected chi connectivity index (χ2v) is 6.49. The van der Waals surface area contributed by atoms with Crippen LogP contribution in [0.15, 0.2) is 54.7 Å². The molecule has 1 heterocycles. The van der Waals surface area contributed by atoms with Gasteiger partial charge >= 0.3 is 6.09 Å². The van der Waals surface area contributed by atoms with Crippen LogP contribution in [0.3, 0.4) is 0 Å². The first-order chi connectivity index (χ1) is 13.7. The number of H-pyrrole nitrogens is 1. The maximum absolute atomic E-state index is 13.4. The van der Waals surface area contributed by atoms with Crippen molar-refractivity contribution in [2.45, 2.75) is 26.2 Å². The molecule has 0 radical (unpaired) electrons. The van der Waals surface area contributed by atoms with Crippen molar-refractivity contribution in [2.24, 2.45) is 0 Å². The summed E-state index contributed by atoms with van der Waals surface area (Å²) in [6.45, 7) is 2.94. The van der Waals surface area contributed by atoms with E-state index in [9.17, 15) is 9.18 Å². The lowest BCUT2D eigenvalue weighted by Crippen LogP contribution is -2.27. The highest BCUT2D eigenvalue weighted by molar-refractivity contribution is 5.69. The van der Waals surface area contributed by atoms with E-state index in [1.165, 1.54) is 12.1 Å². The lowest BCUT2D eigenvalue weighted by Gasteiger charge is -2.05. The molecule has 0 fully saturated rings. The van der Waals surface area contributed by atoms with Crippen molar-refractivity contribution < 1.29 is 13.9 Å². The van der Waals surface area contributed by atoms with E-state index in [-0.39, 0.29) is 5.82 Å². The van der Waals surface area contributed by atoms with Gasteiger partial charge in [-0.1, -0.05) is 49.7 Å². The minimum absolute atomic E-state index is 0.249. The molecular formula is C22H24FN3O2. The number of aromatic amines is 1. The van der Waals surface area contributed by atoms with Crippen LogP contribution in [0.1, 0.15) is 25.6 Å². The number of nitrogens with zero attached hydrogens (tertiary/aromatic N) is 1. The zero-order chi connectivity index (χ0) is 19.8. The predicted octanol–water partition coefficient (Wildman–Crippen LogP) is 4.95. The van der Waals surface area contributed by atoms with E-state index in [4.69, 9.17) is 4.74 Å². The average Bonchev–Trinajstić information content (AvgIpc) is 3.17. The topological polar surface area (TPSA) is 67.0 Å². The fraction of sp³-hybridized carbons (Fsp3) is 0.273. The molecule has 2 aromatic carbocycles. The van der Waals surface area contributed by atoms with Crippen LogP contribution in [-0.4, -0.2) is 29.2 Å². The first-order valence-corrected chi connectivity index (χ1v) is 9.47. The van der Waals surface area contributed by atoms with Crippen LogP contribution in [0.4, 0.5) is 9.18 Å². The van der Waals surface area contributed by atoms with Gasteiger partial charge in [0.2, 0.25) is 0 Å². The monoisotopic (exact) mass is 381 g/mol. The van der Waals surface area contributed by atoms with Gasteiger partial charge in [-0.2, -0.15) is 0 Å². The molecule has 2 N–H and O–H groups in total. The Morgan fingerprint density at radius 3 is 2.68 bits per heavy atom. The lowest BCUT2D eigenvalue weighted by atomic mass is 10.0. The summed E-state index contributed by atoms with van der Waals surface area (Å²) >= 11 is 0. The molecule has 3 rings (SSSR count). The van der Waals surface area contributed by atoms with Crippen LogP contribution < -0.4 is 5.32 Å². The molecule has 5 nitrogen and oxygen atoms in total. The summed E-state index contributed by atoms with van der Waals surface area (Å²) in [5, 5.41) is 2.72. The summed E-state index contributed by atoms with van der Waals surface area (Å²) in [4.78, 5) is 19.2. The summed E-state index contributed by atoms with van der Waals surface area (Å²) in [7, 11) is 0. The number of hydrogen-bond acceptors (Lipinski definition) is 3. The van der Waals surface area contributed by atoms with Crippen LogP contribution in [0.5, 0.6) is 0 Å². The molecule has 0 unspecified atom stereocenters. The highest BCUT2D eigenvalue weighted by Crippen LogP contribution is 2.24. The SMILES string of the molecule is CCCCOC(=O)NCCc1nc(-c2ccc(-c3cccc(F)c3)cc2)c[nH]1. The van der Waals surface area contributed by atoms with Gasteiger partial charge in [-0.05, 0) is 29.7 Å². The molecule has 1 aromatic heterocycles. The first-order valence-electron chi connectivity index (χ1n) is 9.47. The van der Waals surface area contributed by atoms with Crippen LogP contribution in [0.25, 0.3) is 22.4 Å². The zero-order valence-electron chi connectivity index (χ0n) is 15.9. The molecule has 6 heteroatoms. The highest BCUT2D eigenvalue weighted by Gasteiger charge is 2.07. The van der Waals surface area contributed by atoms with Crippen molar-refractivity contribution >= 4 is 6.09 Å². The Kier molecular flexibility index (Phi) is 6.78. The third-order valence-corrected chi connectivity index (χ3v) is 4.33. The zero-order valence-corrected chi connectivity index (χ0v) is 15.9. The third-order valence-electron chi connectivity index (χ3n) is 4.33. The van der Waals surface area contributed by atoms with Crippen molar-refractivity contribution in [3.63, 3.8) is 0 Å². The first kappa shape index (κ1) is 19.6. The number of halogens is 1. The number of rotatable bonds is 8. The van der Waals surface area contributed by atoms with Gasteiger partial charge in [-0.3, -0.25) is 0 Å². The molecule has 0 aliphatic carbocycles. The lowest BCUT2D eigenvalue weighted by molar-refractivity contribution is 0.144. The van der Waals surface area contributed by atoms with Gasteiger partial charge in [0.05, 0.1) is 12.3 Å². The van der Waals surface area contributed by atoms with E-state index < -0.39 is 6.09 Å². The number of imidazole rings is 1. The van der Waals surface area contributed by atoms with Crippen molar-refractivity contribution in [3.8, 4) is 22.4 Å². The Balaban J connectivity index is 1.54.